The van der Waals surface area contributed by atoms with Crippen LogP contribution < -0.4 is 5.73 Å². The van der Waals surface area contributed by atoms with Crippen molar-refractivity contribution in [1.82, 2.24) is 9.80 Å². The minimum Gasteiger partial charge on any atom is -0.398 e. The third-order valence-corrected chi connectivity index (χ3v) is 4.48. The van der Waals surface area contributed by atoms with Gasteiger partial charge in [-0.3, -0.25) is 9.69 Å². The van der Waals surface area contributed by atoms with Crippen LogP contribution >= 0.6 is 15.9 Å². The maximum atomic E-state index is 12.5. The number of benzene rings is 1. The molecule has 1 aliphatic heterocycles. The van der Waals surface area contributed by atoms with Crippen LogP contribution in [0.15, 0.2) is 22.7 Å². The second-order valence-electron chi connectivity index (χ2n) is 5.13. The number of hydrogen-bond donors (Lipinski definition) is 1. The fourth-order valence-corrected chi connectivity index (χ4v) is 2.76. The number of carbonyl (C=O) groups excluding carboxylic acids is 1. The van der Waals surface area contributed by atoms with Gasteiger partial charge >= 0.3 is 0 Å². The third-order valence-electron chi connectivity index (χ3n) is 3.59. The van der Waals surface area contributed by atoms with Crippen LogP contribution in [0.25, 0.3) is 0 Å². The molecule has 0 spiro atoms. The molecule has 0 saturated carbocycles. The number of amides is 1. The van der Waals surface area contributed by atoms with Crippen molar-refractivity contribution >= 4 is 27.5 Å². The SMILES string of the molecule is CC(C)N1CCN(C(=O)c2cccc(N)c2Br)CC1. The molecular weight excluding hydrogens is 306 g/mol. The first kappa shape index (κ1) is 14.3. The molecule has 1 saturated heterocycles. The van der Waals surface area contributed by atoms with E-state index in [0.29, 0.717) is 21.8 Å². The first-order chi connectivity index (χ1) is 9.00. The topological polar surface area (TPSA) is 49.6 Å². The van der Waals surface area contributed by atoms with Crippen molar-refractivity contribution in [2.45, 2.75) is 19.9 Å². The number of carbonyl (C=O) groups is 1. The molecular formula is C14H20BrN3O. The molecule has 1 aliphatic rings. The van der Waals surface area contributed by atoms with Gasteiger partial charge in [-0.1, -0.05) is 6.07 Å². The molecule has 1 aromatic carbocycles. The molecule has 1 amide bonds. The molecule has 2 rings (SSSR count). The van der Waals surface area contributed by atoms with Crippen molar-refractivity contribution in [1.29, 1.82) is 0 Å². The van der Waals surface area contributed by atoms with Crippen LogP contribution in [0, 0.1) is 0 Å². The lowest BCUT2D eigenvalue weighted by atomic mass is 10.1. The highest BCUT2D eigenvalue weighted by Gasteiger charge is 2.24. The average molecular weight is 326 g/mol. The number of halogens is 1. The molecule has 0 aliphatic carbocycles. The second-order valence-corrected chi connectivity index (χ2v) is 5.92. The van der Waals surface area contributed by atoms with Crippen molar-refractivity contribution in [3.05, 3.63) is 28.2 Å². The Labute approximate surface area is 122 Å². The average Bonchev–Trinajstić information content (AvgIpc) is 2.41. The van der Waals surface area contributed by atoms with E-state index in [-0.39, 0.29) is 5.91 Å². The van der Waals surface area contributed by atoms with Crippen LogP contribution in [-0.4, -0.2) is 47.9 Å². The zero-order valence-electron chi connectivity index (χ0n) is 11.4. The van der Waals surface area contributed by atoms with E-state index in [2.05, 4.69) is 34.7 Å². The number of hydrogen-bond acceptors (Lipinski definition) is 3. The van der Waals surface area contributed by atoms with Gasteiger partial charge < -0.3 is 10.6 Å². The van der Waals surface area contributed by atoms with Gasteiger partial charge in [0.25, 0.3) is 5.91 Å². The molecule has 1 fully saturated rings. The van der Waals surface area contributed by atoms with Crippen LogP contribution in [0.1, 0.15) is 24.2 Å². The second kappa shape index (κ2) is 5.92. The van der Waals surface area contributed by atoms with Crippen LogP contribution in [0.5, 0.6) is 0 Å². The summed E-state index contributed by atoms with van der Waals surface area (Å²) in [5.41, 5.74) is 7.08. The van der Waals surface area contributed by atoms with Crippen molar-refractivity contribution in [2.24, 2.45) is 0 Å². The maximum Gasteiger partial charge on any atom is 0.255 e. The number of nitrogens with zero attached hydrogens (tertiary/aromatic N) is 2. The van der Waals surface area contributed by atoms with Gasteiger partial charge in [0.15, 0.2) is 0 Å². The molecule has 1 heterocycles. The molecule has 0 radical (unpaired) electrons. The van der Waals surface area contributed by atoms with Gasteiger partial charge in [-0.2, -0.15) is 0 Å². The lowest BCUT2D eigenvalue weighted by Crippen LogP contribution is -2.50. The van der Waals surface area contributed by atoms with Gasteiger partial charge in [0.2, 0.25) is 0 Å². The molecule has 5 heteroatoms. The predicted molar refractivity (Wildman–Crippen MR) is 81.2 cm³/mol. The maximum absolute atomic E-state index is 12.5. The van der Waals surface area contributed by atoms with Crippen LogP contribution in [0.4, 0.5) is 5.69 Å². The molecule has 0 aromatic heterocycles. The summed E-state index contributed by atoms with van der Waals surface area (Å²) in [6.07, 6.45) is 0. The number of anilines is 1. The van der Waals surface area contributed by atoms with E-state index in [9.17, 15) is 4.79 Å². The van der Waals surface area contributed by atoms with E-state index in [0.717, 1.165) is 26.2 Å². The normalized spacial score (nSPS) is 16.9. The van der Waals surface area contributed by atoms with E-state index in [1.807, 2.05) is 17.0 Å². The van der Waals surface area contributed by atoms with Crippen molar-refractivity contribution in [2.75, 3.05) is 31.9 Å². The standard InChI is InChI=1S/C14H20BrN3O/c1-10(2)17-6-8-18(9-7-17)14(19)11-4-3-5-12(16)13(11)15/h3-5,10H,6-9,16H2,1-2H3. The largest absolute Gasteiger partial charge is 0.398 e. The monoisotopic (exact) mass is 325 g/mol. The minimum absolute atomic E-state index is 0.0579. The van der Waals surface area contributed by atoms with Gasteiger partial charge in [0, 0.05) is 37.9 Å². The summed E-state index contributed by atoms with van der Waals surface area (Å²) in [5, 5.41) is 0. The van der Waals surface area contributed by atoms with Crippen LogP contribution in [-0.2, 0) is 0 Å². The molecule has 0 atom stereocenters. The lowest BCUT2D eigenvalue weighted by Gasteiger charge is -2.37. The first-order valence-electron chi connectivity index (χ1n) is 6.58. The summed E-state index contributed by atoms with van der Waals surface area (Å²) in [6.45, 7) is 7.79. The molecule has 0 bridgehead atoms. The zero-order valence-corrected chi connectivity index (χ0v) is 13.0. The fourth-order valence-electron chi connectivity index (χ4n) is 2.33. The highest BCUT2D eigenvalue weighted by atomic mass is 79.9. The van der Waals surface area contributed by atoms with Gasteiger partial charge in [-0.05, 0) is 41.9 Å². The lowest BCUT2D eigenvalue weighted by molar-refractivity contribution is 0.0594. The van der Waals surface area contributed by atoms with Crippen molar-refractivity contribution in [3.8, 4) is 0 Å². The summed E-state index contributed by atoms with van der Waals surface area (Å²) >= 11 is 3.40. The van der Waals surface area contributed by atoms with Gasteiger partial charge in [-0.25, -0.2) is 0 Å². The summed E-state index contributed by atoms with van der Waals surface area (Å²) in [5.74, 6) is 0.0579. The quantitative estimate of drug-likeness (QED) is 0.848. The Balaban J connectivity index is 2.07. The number of nitrogen functional groups attached to an aromatic ring is 1. The molecule has 1 aromatic rings. The fraction of sp³-hybridized carbons (Fsp3) is 0.500. The van der Waals surface area contributed by atoms with Gasteiger partial charge in [0.1, 0.15) is 0 Å². The molecule has 19 heavy (non-hydrogen) atoms. The highest BCUT2D eigenvalue weighted by Crippen LogP contribution is 2.25. The van der Waals surface area contributed by atoms with E-state index >= 15 is 0 Å². The third kappa shape index (κ3) is 3.09. The van der Waals surface area contributed by atoms with Gasteiger partial charge in [-0.15, -0.1) is 0 Å². The Morgan fingerprint density at radius 2 is 1.89 bits per heavy atom. The Hall–Kier alpha value is -1.07. The van der Waals surface area contributed by atoms with E-state index in [1.165, 1.54) is 0 Å². The Morgan fingerprint density at radius 1 is 1.26 bits per heavy atom. The van der Waals surface area contributed by atoms with Crippen LogP contribution in [0.3, 0.4) is 0 Å². The highest BCUT2D eigenvalue weighted by molar-refractivity contribution is 9.10. The minimum atomic E-state index is 0.0579. The number of piperazine rings is 1. The van der Waals surface area contributed by atoms with E-state index in [1.54, 1.807) is 6.07 Å². The molecule has 4 nitrogen and oxygen atoms in total. The zero-order chi connectivity index (χ0) is 14.0. The summed E-state index contributed by atoms with van der Waals surface area (Å²) in [7, 11) is 0. The van der Waals surface area contributed by atoms with Crippen LogP contribution in [0.2, 0.25) is 0 Å². The molecule has 0 unspecified atom stereocenters. The number of nitrogens with two attached hydrogens (primary N) is 1. The van der Waals surface area contributed by atoms with E-state index < -0.39 is 0 Å². The Morgan fingerprint density at radius 3 is 2.47 bits per heavy atom. The van der Waals surface area contributed by atoms with Crippen molar-refractivity contribution < 1.29 is 4.79 Å². The first-order valence-corrected chi connectivity index (χ1v) is 7.37. The molecule has 104 valence electrons. The Bertz CT molecular complexity index is 468. The predicted octanol–water partition coefficient (Wildman–Crippen LogP) is 2.20. The van der Waals surface area contributed by atoms with Crippen molar-refractivity contribution in [3.63, 3.8) is 0 Å². The Kier molecular flexibility index (Phi) is 4.47. The van der Waals surface area contributed by atoms with E-state index in [4.69, 9.17) is 5.73 Å². The summed E-state index contributed by atoms with van der Waals surface area (Å²) in [4.78, 5) is 16.8. The number of rotatable bonds is 2. The van der Waals surface area contributed by atoms with Gasteiger partial charge in [0.05, 0.1) is 10.0 Å². The smallest absolute Gasteiger partial charge is 0.255 e. The molecule has 2 N–H and O–H groups in total. The summed E-state index contributed by atoms with van der Waals surface area (Å²) in [6, 6.07) is 5.96. The summed E-state index contributed by atoms with van der Waals surface area (Å²) < 4.78 is 0.700.